The highest BCUT2D eigenvalue weighted by Gasteiger charge is 2.27. The number of hydrogen-bond acceptors (Lipinski definition) is 2. The van der Waals surface area contributed by atoms with Crippen LogP contribution in [0, 0.1) is 0 Å². The van der Waals surface area contributed by atoms with Gasteiger partial charge in [-0.3, -0.25) is 4.57 Å². The molecule has 0 spiro atoms. The van der Waals surface area contributed by atoms with Crippen LogP contribution in [0.5, 0.6) is 0 Å². The number of hydrogen-bond donors (Lipinski definition) is 0. The van der Waals surface area contributed by atoms with Crippen LogP contribution < -0.4 is 10.6 Å². The summed E-state index contributed by atoms with van der Waals surface area (Å²) in [6.07, 6.45) is 0. The van der Waals surface area contributed by atoms with E-state index < -0.39 is 7.37 Å². The van der Waals surface area contributed by atoms with Crippen molar-refractivity contribution in [1.29, 1.82) is 0 Å². The van der Waals surface area contributed by atoms with E-state index in [-0.39, 0.29) is 0 Å². The van der Waals surface area contributed by atoms with Gasteiger partial charge in [0.15, 0.2) is 0 Å². The molecule has 0 heterocycles. The first-order valence-corrected chi connectivity index (χ1v) is 8.07. The van der Waals surface area contributed by atoms with Gasteiger partial charge in [0.25, 0.3) is 7.37 Å². The highest BCUT2D eigenvalue weighted by molar-refractivity contribution is 7.74. The molecule has 3 heteroatoms. The first-order chi connectivity index (χ1) is 9.74. The van der Waals surface area contributed by atoms with Crippen LogP contribution in [0.4, 0.5) is 0 Å². The van der Waals surface area contributed by atoms with E-state index in [0.29, 0.717) is 0 Å². The molecular formula is C17H15O2P. The van der Waals surface area contributed by atoms with E-state index in [0.717, 1.165) is 21.4 Å². The van der Waals surface area contributed by atoms with E-state index >= 15 is 0 Å². The summed E-state index contributed by atoms with van der Waals surface area (Å²) < 4.78 is 18.6. The van der Waals surface area contributed by atoms with E-state index in [9.17, 15) is 4.57 Å². The lowest BCUT2D eigenvalue weighted by atomic mass is 10.1. The highest BCUT2D eigenvalue weighted by atomic mass is 31.2. The first kappa shape index (κ1) is 13.1. The summed E-state index contributed by atoms with van der Waals surface area (Å²) in [6.45, 7) is 0. The molecule has 0 aromatic heterocycles. The zero-order chi connectivity index (χ0) is 14.0. The number of fused-ring (bicyclic) bond motifs is 1. The van der Waals surface area contributed by atoms with Crippen molar-refractivity contribution in [1.82, 2.24) is 0 Å². The summed E-state index contributed by atoms with van der Waals surface area (Å²) in [5.74, 6) is 0. The summed E-state index contributed by atoms with van der Waals surface area (Å²) in [6, 6.07) is 23.2. The molecule has 0 saturated carbocycles. The van der Waals surface area contributed by atoms with E-state index in [1.807, 2.05) is 72.8 Å². The molecule has 3 aromatic carbocycles. The summed E-state index contributed by atoms with van der Waals surface area (Å²) in [7, 11) is -1.51. The standard InChI is InChI=1S/C17H15O2P/c1-19-20(18,16-9-3-2-4-10-16)17-12-11-14-7-5-6-8-15(14)13-17/h2-13H,1H3. The van der Waals surface area contributed by atoms with E-state index in [4.69, 9.17) is 4.52 Å². The van der Waals surface area contributed by atoms with Crippen LogP contribution in [-0.2, 0) is 9.09 Å². The van der Waals surface area contributed by atoms with Crippen molar-refractivity contribution in [3.8, 4) is 0 Å². The van der Waals surface area contributed by atoms with Crippen LogP contribution in [0.2, 0.25) is 0 Å². The van der Waals surface area contributed by atoms with Crippen molar-refractivity contribution in [2.45, 2.75) is 0 Å². The largest absolute Gasteiger partial charge is 0.325 e. The zero-order valence-corrected chi connectivity index (χ0v) is 12.1. The quantitative estimate of drug-likeness (QED) is 0.684. The molecule has 3 aromatic rings. The molecule has 0 bridgehead atoms. The van der Waals surface area contributed by atoms with E-state index in [1.165, 1.54) is 7.11 Å². The molecule has 0 aliphatic carbocycles. The monoisotopic (exact) mass is 282 g/mol. The maximum absolute atomic E-state index is 13.2. The number of benzene rings is 3. The second kappa shape index (κ2) is 5.24. The fourth-order valence-electron chi connectivity index (χ4n) is 2.34. The smallest absolute Gasteiger partial charge is 0.261 e. The third kappa shape index (κ3) is 2.18. The van der Waals surface area contributed by atoms with E-state index in [2.05, 4.69) is 0 Å². The Morgan fingerprint density at radius 1 is 0.750 bits per heavy atom. The second-order valence-corrected chi connectivity index (χ2v) is 7.10. The van der Waals surface area contributed by atoms with Gasteiger partial charge in [0.05, 0.1) is 0 Å². The Bertz CT molecular complexity index is 781. The van der Waals surface area contributed by atoms with Crippen LogP contribution in [0.15, 0.2) is 72.8 Å². The summed E-state index contributed by atoms with van der Waals surface area (Å²) in [5.41, 5.74) is 0. The van der Waals surface area contributed by atoms with Crippen LogP contribution >= 0.6 is 7.37 Å². The van der Waals surface area contributed by atoms with Crippen molar-refractivity contribution in [3.05, 3.63) is 72.8 Å². The molecule has 2 nitrogen and oxygen atoms in total. The van der Waals surface area contributed by atoms with Gasteiger partial charge in [-0.2, -0.15) is 0 Å². The normalized spacial score (nSPS) is 14.1. The molecule has 1 unspecified atom stereocenters. The molecule has 0 fully saturated rings. The summed E-state index contributed by atoms with van der Waals surface area (Å²) in [5, 5.41) is 3.65. The minimum absolute atomic E-state index is 0.720. The molecular weight excluding hydrogens is 267 g/mol. The maximum Gasteiger partial charge on any atom is 0.261 e. The Morgan fingerprint density at radius 3 is 2.10 bits per heavy atom. The molecule has 3 rings (SSSR count). The van der Waals surface area contributed by atoms with Gasteiger partial charge in [-0.25, -0.2) is 0 Å². The minimum atomic E-state index is -3.01. The lowest BCUT2D eigenvalue weighted by molar-refractivity contribution is 0.412. The van der Waals surface area contributed by atoms with Crippen molar-refractivity contribution < 1.29 is 9.09 Å². The fraction of sp³-hybridized carbons (Fsp3) is 0.0588. The van der Waals surface area contributed by atoms with Gasteiger partial charge >= 0.3 is 0 Å². The molecule has 20 heavy (non-hydrogen) atoms. The minimum Gasteiger partial charge on any atom is -0.325 e. The van der Waals surface area contributed by atoms with Crippen molar-refractivity contribution in [3.63, 3.8) is 0 Å². The van der Waals surface area contributed by atoms with Gasteiger partial charge in [0.2, 0.25) is 0 Å². The van der Waals surface area contributed by atoms with Gasteiger partial charge in [0, 0.05) is 17.7 Å². The van der Waals surface area contributed by atoms with E-state index in [1.54, 1.807) is 0 Å². The Labute approximate surface area is 118 Å². The SMILES string of the molecule is COP(=O)(c1ccccc1)c1ccc2ccccc2c1. The third-order valence-corrected chi connectivity index (χ3v) is 5.88. The predicted molar refractivity (Wildman–Crippen MR) is 84.3 cm³/mol. The topological polar surface area (TPSA) is 26.3 Å². The number of rotatable bonds is 3. The van der Waals surface area contributed by atoms with Crippen LogP contribution in [0.1, 0.15) is 0 Å². The highest BCUT2D eigenvalue weighted by Crippen LogP contribution is 2.43. The molecule has 0 saturated heterocycles. The maximum atomic E-state index is 13.2. The lowest BCUT2D eigenvalue weighted by Gasteiger charge is -2.17. The molecule has 0 aliphatic rings. The Kier molecular flexibility index (Phi) is 3.43. The Hall–Kier alpha value is -1.89. The molecule has 100 valence electrons. The summed E-state index contributed by atoms with van der Waals surface area (Å²) >= 11 is 0. The van der Waals surface area contributed by atoms with Gasteiger partial charge < -0.3 is 4.52 Å². The fourth-order valence-corrected chi connectivity index (χ4v) is 4.21. The molecule has 1 atom stereocenters. The van der Waals surface area contributed by atoms with Gasteiger partial charge in [-0.15, -0.1) is 0 Å². The predicted octanol–water partition coefficient (Wildman–Crippen LogP) is 3.72. The average Bonchev–Trinajstić information content (AvgIpc) is 2.54. The van der Waals surface area contributed by atoms with Crippen molar-refractivity contribution in [2.24, 2.45) is 0 Å². The van der Waals surface area contributed by atoms with Gasteiger partial charge in [0.1, 0.15) is 0 Å². The first-order valence-electron chi connectivity index (χ1n) is 6.45. The zero-order valence-electron chi connectivity index (χ0n) is 11.2. The lowest BCUT2D eigenvalue weighted by Crippen LogP contribution is -2.16. The van der Waals surface area contributed by atoms with Crippen LogP contribution in [0.25, 0.3) is 10.8 Å². The molecule has 0 aliphatic heterocycles. The second-order valence-electron chi connectivity index (χ2n) is 4.60. The third-order valence-electron chi connectivity index (χ3n) is 3.43. The van der Waals surface area contributed by atoms with Crippen molar-refractivity contribution >= 4 is 28.8 Å². The summed E-state index contributed by atoms with van der Waals surface area (Å²) in [4.78, 5) is 0. The van der Waals surface area contributed by atoms with Crippen molar-refractivity contribution in [2.75, 3.05) is 7.11 Å². The molecule has 0 amide bonds. The molecule has 0 radical (unpaired) electrons. The Morgan fingerprint density at radius 2 is 1.40 bits per heavy atom. The van der Waals surface area contributed by atoms with Gasteiger partial charge in [-0.05, 0) is 35.0 Å². The Balaban J connectivity index is 2.19. The van der Waals surface area contributed by atoms with Gasteiger partial charge in [-0.1, -0.05) is 48.5 Å². The molecule has 0 N–H and O–H groups in total. The van der Waals surface area contributed by atoms with Crippen LogP contribution in [-0.4, -0.2) is 7.11 Å². The average molecular weight is 282 g/mol. The van der Waals surface area contributed by atoms with Crippen LogP contribution in [0.3, 0.4) is 0 Å².